The van der Waals surface area contributed by atoms with Crippen LogP contribution in [-0.4, -0.2) is 17.3 Å². The smallest absolute Gasteiger partial charge is 0.346 e. The van der Waals surface area contributed by atoms with E-state index in [-0.39, 0.29) is 5.56 Å². The summed E-state index contributed by atoms with van der Waals surface area (Å²) < 4.78 is 18.8. The lowest BCUT2D eigenvalue weighted by molar-refractivity contribution is 0.0730. The molecule has 3 aromatic carbocycles. The van der Waals surface area contributed by atoms with Gasteiger partial charge in [0.05, 0.1) is 11.8 Å². The Morgan fingerprint density at radius 2 is 1.64 bits per heavy atom. The van der Waals surface area contributed by atoms with Crippen molar-refractivity contribution in [3.63, 3.8) is 0 Å². The molecule has 0 radical (unpaired) electrons. The van der Waals surface area contributed by atoms with Gasteiger partial charge in [0.2, 0.25) is 0 Å². The number of para-hydroxylation sites is 1. The number of hydrazone groups is 1. The van der Waals surface area contributed by atoms with Gasteiger partial charge in [-0.1, -0.05) is 30.3 Å². The second-order valence-corrected chi connectivity index (χ2v) is 6.04. The number of ether oxygens (including phenoxy) is 1. The van der Waals surface area contributed by atoms with Gasteiger partial charge < -0.3 is 10.1 Å². The van der Waals surface area contributed by atoms with Crippen molar-refractivity contribution in [2.75, 3.05) is 5.32 Å². The summed E-state index contributed by atoms with van der Waals surface area (Å²) in [5.41, 5.74) is 4.22. The van der Waals surface area contributed by atoms with Crippen LogP contribution >= 0.6 is 12.2 Å². The number of carbonyl (C=O) groups excluding carboxylic acids is 1. The van der Waals surface area contributed by atoms with Crippen molar-refractivity contribution in [2.24, 2.45) is 5.10 Å². The number of esters is 1. The third-order valence-electron chi connectivity index (χ3n) is 3.60. The zero-order valence-electron chi connectivity index (χ0n) is 14.6. The fourth-order valence-corrected chi connectivity index (χ4v) is 2.43. The van der Waals surface area contributed by atoms with E-state index < -0.39 is 11.8 Å². The van der Waals surface area contributed by atoms with Crippen molar-refractivity contribution in [1.82, 2.24) is 5.43 Å². The molecule has 3 aromatic rings. The summed E-state index contributed by atoms with van der Waals surface area (Å²) in [5, 5.41) is 7.41. The number of benzene rings is 3. The van der Waals surface area contributed by atoms with Crippen LogP contribution in [0.15, 0.2) is 84.0 Å². The van der Waals surface area contributed by atoms with E-state index in [1.54, 1.807) is 36.5 Å². The molecule has 0 aromatic heterocycles. The predicted octanol–water partition coefficient (Wildman–Crippen LogP) is 4.37. The van der Waals surface area contributed by atoms with Crippen molar-refractivity contribution >= 4 is 35.2 Å². The highest BCUT2D eigenvalue weighted by molar-refractivity contribution is 7.80. The van der Waals surface area contributed by atoms with Gasteiger partial charge in [0.15, 0.2) is 5.11 Å². The number of hydrogen-bond donors (Lipinski definition) is 2. The van der Waals surface area contributed by atoms with Gasteiger partial charge >= 0.3 is 5.97 Å². The molecule has 7 heteroatoms. The van der Waals surface area contributed by atoms with Gasteiger partial charge in [-0.05, 0) is 66.3 Å². The maximum Gasteiger partial charge on any atom is 0.346 e. The number of nitrogens with zero attached hydrogens (tertiary/aromatic N) is 1. The maximum atomic E-state index is 13.6. The Bertz CT molecular complexity index is 992. The van der Waals surface area contributed by atoms with E-state index in [2.05, 4.69) is 15.8 Å². The summed E-state index contributed by atoms with van der Waals surface area (Å²) >= 11 is 5.15. The van der Waals surface area contributed by atoms with Crippen LogP contribution in [0.4, 0.5) is 10.1 Å². The number of thiocarbonyl (C=S) groups is 1. The summed E-state index contributed by atoms with van der Waals surface area (Å²) in [7, 11) is 0. The third kappa shape index (κ3) is 5.46. The molecule has 0 aliphatic carbocycles. The minimum Gasteiger partial charge on any atom is -0.423 e. The lowest BCUT2D eigenvalue weighted by Gasteiger charge is -2.06. The van der Waals surface area contributed by atoms with Crippen LogP contribution in [-0.2, 0) is 0 Å². The molecule has 0 atom stereocenters. The molecule has 3 rings (SSSR count). The normalized spacial score (nSPS) is 10.5. The highest BCUT2D eigenvalue weighted by Gasteiger charge is 2.13. The fourth-order valence-electron chi connectivity index (χ4n) is 2.26. The predicted molar refractivity (Wildman–Crippen MR) is 111 cm³/mol. The van der Waals surface area contributed by atoms with Gasteiger partial charge in [-0.2, -0.15) is 5.10 Å². The number of nitrogens with one attached hydrogen (secondary N) is 2. The number of rotatable bonds is 5. The second-order valence-electron chi connectivity index (χ2n) is 5.63. The number of halogens is 1. The minimum absolute atomic E-state index is 0.114. The Hall–Kier alpha value is -3.58. The Kier molecular flexibility index (Phi) is 6.43. The summed E-state index contributed by atoms with van der Waals surface area (Å²) in [5.74, 6) is -1.07. The monoisotopic (exact) mass is 393 g/mol. The molecule has 0 saturated heterocycles. The SMILES string of the molecule is O=C(Oc1ccc(C=NNC(=S)Nc2ccccc2)cc1)c1ccccc1F. The number of hydrogen-bond acceptors (Lipinski definition) is 4. The lowest BCUT2D eigenvalue weighted by atomic mass is 10.2. The van der Waals surface area contributed by atoms with Crippen LogP contribution in [0.3, 0.4) is 0 Å². The number of carbonyl (C=O) groups is 1. The maximum absolute atomic E-state index is 13.6. The third-order valence-corrected chi connectivity index (χ3v) is 3.79. The van der Waals surface area contributed by atoms with Gasteiger partial charge in [-0.25, -0.2) is 9.18 Å². The summed E-state index contributed by atoms with van der Waals surface area (Å²) in [6.07, 6.45) is 1.57. The summed E-state index contributed by atoms with van der Waals surface area (Å²) in [6.45, 7) is 0. The fraction of sp³-hybridized carbons (Fsp3) is 0. The molecule has 2 N–H and O–H groups in total. The Morgan fingerprint density at radius 1 is 0.964 bits per heavy atom. The molecule has 0 saturated carbocycles. The van der Waals surface area contributed by atoms with Crippen LogP contribution in [0.1, 0.15) is 15.9 Å². The van der Waals surface area contributed by atoms with Crippen LogP contribution in [0.5, 0.6) is 5.75 Å². The van der Waals surface area contributed by atoms with Gasteiger partial charge in [0.1, 0.15) is 11.6 Å². The van der Waals surface area contributed by atoms with E-state index in [4.69, 9.17) is 17.0 Å². The Balaban J connectivity index is 1.52. The van der Waals surface area contributed by atoms with E-state index in [9.17, 15) is 9.18 Å². The van der Waals surface area contributed by atoms with Crippen LogP contribution in [0.2, 0.25) is 0 Å². The standard InChI is InChI=1S/C21H16FN3O2S/c22-19-9-5-4-8-18(19)20(26)27-17-12-10-15(11-13-17)14-23-25-21(28)24-16-6-2-1-3-7-16/h1-14H,(H2,24,25,28). The van der Waals surface area contributed by atoms with Crippen molar-refractivity contribution in [3.05, 3.63) is 95.8 Å². The second kappa shape index (κ2) is 9.38. The summed E-state index contributed by atoms with van der Waals surface area (Å²) in [4.78, 5) is 12.0. The van der Waals surface area contributed by atoms with Gasteiger partial charge in [0, 0.05) is 5.69 Å². The van der Waals surface area contributed by atoms with Gasteiger partial charge in [0.25, 0.3) is 0 Å². The molecule has 0 aliphatic heterocycles. The van der Waals surface area contributed by atoms with Crippen LogP contribution in [0, 0.1) is 5.82 Å². The number of anilines is 1. The topological polar surface area (TPSA) is 62.7 Å². The molecule has 0 spiro atoms. The van der Waals surface area contributed by atoms with Crippen molar-refractivity contribution in [1.29, 1.82) is 0 Å². The molecule has 0 amide bonds. The van der Waals surface area contributed by atoms with Crippen LogP contribution < -0.4 is 15.5 Å². The van der Waals surface area contributed by atoms with Crippen LogP contribution in [0.25, 0.3) is 0 Å². The van der Waals surface area contributed by atoms with Gasteiger partial charge in [-0.15, -0.1) is 0 Å². The molecular formula is C21H16FN3O2S. The first-order valence-electron chi connectivity index (χ1n) is 8.34. The molecule has 140 valence electrons. The van der Waals surface area contributed by atoms with Crippen molar-refractivity contribution in [3.8, 4) is 5.75 Å². The largest absolute Gasteiger partial charge is 0.423 e. The first kappa shape index (κ1) is 19.2. The minimum atomic E-state index is -0.751. The molecule has 5 nitrogen and oxygen atoms in total. The molecular weight excluding hydrogens is 377 g/mol. The van der Waals surface area contributed by atoms with Crippen molar-refractivity contribution in [2.45, 2.75) is 0 Å². The highest BCUT2D eigenvalue weighted by atomic mass is 32.1. The van der Waals surface area contributed by atoms with E-state index in [0.29, 0.717) is 10.9 Å². The quantitative estimate of drug-likeness (QED) is 0.222. The van der Waals surface area contributed by atoms with Gasteiger partial charge in [-0.3, -0.25) is 5.43 Å². The zero-order chi connectivity index (χ0) is 19.8. The average Bonchev–Trinajstić information content (AvgIpc) is 2.70. The first-order valence-corrected chi connectivity index (χ1v) is 8.74. The molecule has 0 unspecified atom stereocenters. The highest BCUT2D eigenvalue weighted by Crippen LogP contribution is 2.15. The molecule has 0 aliphatic rings. The van der Waals surface area contributed by atoms with E-state index in [0.717, 1.165) is 11.3 Å². The molecule has 28 heavy (non-hydrogen) atoms. The lowest BCUT2D eigenvalue weighted by Crippen LogP contribution is -2.23. The first-order chi connectivity index (χ1) is 13.6. The van der Waals surface area contributed by atoms with E-state index >= 15 is 0 Å². The Morgan fingerprint density at radius 3 is 2.36 bits per heavy atom. The molecule has 0 fully saturated rings. The zero-order valence-corrected chi connectivity index (χ0v) is 15.4. The Labute approximate surface area is 166 Å². The summed E-state index contributed by atoms with van der Waals surface area (Å²) in [6, 6.07) is 21.8. The molecule has 0 bridgehead atoms. The van der Waals surface area contributed by atoms with E-state index in [1.165, 1.54) is 18.2 Å². The van der Waals surface area contributed by atoms with Crippen molar-refractivity contribution < 1.29 is 13.9 Å². The molecule has 0 heterocycles. The average molecular weight is 393 g/mol. The van der Waals surface area contributed by atoms with E-state index in [1.807, 2.05) is 30.3 Å².